The summed E-state index contributed by atoms with van der Waals surface area (Å²) in [6.07, 6.45) is 6.57. The molecule has 1 fully saturated rings. The second-order valence-electron chi connectivity index (χ2n) is 8.44. The number of nitrogens with one attached hydrogen (secondary N) is 1. The highest BCUT2D eigenvalue weighted by atomic mass is 16.2. The average Bonchev–Trinajstić information content (AvgIpc) is 2.75. The average molecular weight is 407 g/mol. The van der Waals surface area contributed by atoms with Crippen LogP contribution in [0.2, 0.25) is 0 Å². The van der Waals surface area contributed by atoms with Crippen LogP contribution in [0.3, 0.4) is 0 Å². The van der Waals surface area contributed by atoms with Gasteiger partial charge < -0.3 is 10.2 Å². The van der Waals surface area contributed by atoms with Crippen molar-refractivity contribution in [3.8, 4) is 0 Å². The van der Waals surface area contributed by atoms with Crippen molar-refractivity contribution in [2.45, 2.75) is 77.4 Å². The summed E-state index contributed by atoms with van der Waals surface area (Å²) in [4.78, 5) is 28.3. The predicted molar refractivity (Wildman–Crippen MR) is 121 cm³/mol. The van der Waals surface area contributed by atoms with Crippen molar-refractivity contribution in [1.29, 1.82) is 0 Å². The van der Waals surface area contributed by atoms with Gasteiger partial charge in [0.05, 0.1) is 6.42 Å². The first kappa shape index (κ1) is 22.1. The number of rotatable bonds is 8. The van der Waals surface area contributed by atoms with Crippen molar-refractivity contribution < 1.29 is 9.59 Å². The van der Waals surface area contributed by atoms with Gasteiger partial charge >= 0.3 is 0 Å². The number of nitrogens with zero attached hydrogens (tertiary/aromatic N) is 1. The molecule has 2 aromatic carbocycles. The van der Waals surface area contributed by atoms with Crippen LogP contribution in [0.15, 0.2) is 54.6 Å². The van der Waals surface area contributed by atoms with E-state index in [-0.39, 0.29) is 17.9 Å². The SMILES string of the molecule is CC[C@H](C(=O)NC1CCCCC1)N(Cc1cccc(C)c1)C(=O)Cc1ccccc1. The summed E-state index contributed by atoms with van der Waals surface area (Å²) in [7, 11) is 0. The Labute approximate surface area is 180 Å². The fourth-order valence-electron chi connectivity index (χ4n) is 4.34. The molecular formula is C26H34N2O2. The van der Waals surface area contributed by atoms with Crippen LogP contribution in [0.5, 0.6) is 0 Å². The zero-order valence-electron chi connectivity index (χ0n) is 18.3. The Kier molecular flexibility index (Phi) is 8.06. The van der Waals surface area contributed by atoms with Gasteiger partial charge in [-0.3, -0.25) is 9.59 Å². The van der Waals surface area contributed by atoms with Gasteiger partial charge in [0, 0.05) is 12.6 Å². The van der Waals surface area contributed by atoms with Crippen molar-refractivity contribution in [3.05, 3.63) is 71.3 Å². The summed E-state index contributed by atoms with van der Waals surface area (Å²) >= 11 is 0. The van der Waals surface area contributed by atoms with Gasteiger partial charge in [-0.15, -0.1) is 0 Å². The molecule has 0 unspecified atom stereocenters. The summed E-state index contributed by atoms with van der Waals surface area (Å²) in [5, 5.41) is 3.23. The fourth-order valence-corrected chi connectivity index (χ4v) is 4.34. The van der Waals surface area contributed by atoms with Crippen molar-refractivity contribution in [2.24, 2.45) is 0 Å². The molecule has 0 aromatic heterocycles. The summed E-state index contributed by atoms with van der Waals surface area (Å²) in [5.74, 6) is -0.0215. The van der Waals surface area contributed by atoms with Gasteiger partial charge in [0.15, 0.2) is 0 Å². The number of aryl methyl sites for hydroxylation is 1. The van der Waals surface area contributed by atoms with E-state index >= 15 is 0 Å². The monoisotopic (exact) mass is 406 g/mol. The van der Waals surface area contributed by atoms with E-state index in [1.165, 1.54) is 19.3 Å². The highest BCUT2D eigenvalue weighted by Gasteiger charge is 2.30. The molecule has 160 valence electrons. The smallest absolute Gasteiger partial charge is 0.243 e. The lowest BCUT2D eigenvalue weighted by Crippen LogP contribution is -2.51. The summed E-state index contributed by atoms with van der Waals surface area (Å²) in [6, 6.07) is 17.7. The van der Waals surface area contributed by atoms with Gasteiger partial charge in [0.1, 0.15) is 6.04 Å². The lowest BCUT2D eigenvalue weighted by atomic mass is 9.95. The molecule has 0 saturated heterocycles. The predicted octanol–water partition coefficient (Wildman–Crippen LogP) is 4.79. The van der Waals surface area contributed by atoms with Crippen LogP contribution >= 0.6 is 0 Å². The van der Waals surface area contributed by atoms with E-state index in [1.54, 1.807) is 4.90 Å². The van der Waals surface area contributed by atoms with Crippen LogP contribution in [0.25, 0.3) is 0 Å². The molecule has 2 amide bonds. The molecule has 0 bridgehead atoms. The third kappa shape index (κ3) is 6.19. The maximum atomic E-state index is 13.3. The molecule has 30 heavy (non-hydrogen) atoms. The normalized spacial score (nSPS) is 15.4. The number of hydrogen-bond donors (Lipinski definition) is 1. The van der Waals surface area contributed by atoms with Gasteiger partial charge in [-0.1, -0.05) is 86.3 Å². The van der Waals surface area contributed by atoms with Crippen LogP contribution in [-0.4, -0.2) is 28.8 Å². The van der Waals surface area contributed by atoms with Crippen LogP contribution in [-0.2, 0) is 22.6 Å². The van der Waals surface area contributed by atoms with Crippen molar-refractivity contribution in [1.82, 2.24) is 10.2 Å². The van der Waals surface area contributed by atoms with Crippen molar-refractivity contribution >= 4 is 11.8 Å². The largest absolute Gasteiger partial charge is 0.352 e. The number of benzene rings is 2. The first-order valence-electron chi connectivity index (χ1n) is 11.3. The maximum absolute atomic E-state index is 13.3. The molecule has 0 aliphatic heterocycles. The zero-order valence-corrected chi connectivity index (χ0v) is 18.3. The Bertz CT molecular complexity index is 828. The van der Waals surface area contributed by atoms with E-state index in [9.17, 15) is 9.59 Å². The molecule has 2 aromatic rings. The fraction of sp³-hybridized carbons (Fsp3) is 0.462. The lowest BCUT2D eigenvalue weighted by molar-refractivity contribution is -0.141. The molecule has 4 nitrogen and oxygen atoms in total. The Balaban J connectivity index is 1.79. The Morgan fingerprint density at radius 3 is 2.37 bits per heavy atom. The van der Waals surface area contributed by atoms with Crippen LogP contribution in [0.1, 0.15) is 62.1 Å². The first-order valence-corrected chi connectivity index (χ1v) is 11.3. The molecule has 1 atom stereocenters. The van der Waals surface area contributed by atoms with Crippen molar-refractivity contribution in [2.75, 3.05) is 0 Å². The second kappa shape index (κ2) is 11.0. The van der Waals surface area contributed by atoms with Gasteiger partial charge in [-0.25, -0.2) is 0 Å². The highest BCUT2D eigenvalue weighted by Crippen LogP contribution is 2.19. The number of hydrogen-bond acceptors (Lipinski definition) is 2. The molecule has 1 aliphatic carbocycles. The van der Waals surface area contributed by atoms with Crippen LogP contribution < -0.4 is 5.32 Å². The second-order valence-corrected chi connectivity index (χ2v) is 8.44. The number of carbonyl (C=O) groups is 2. The minimum atomic E-state index is -0.455. The van der Waals surface area contributed by atoms with Gasteiger partial charge in [-0.05, 0) is 37.3 Å². The maximum Gasteiger partial charge on any atom is 0.243 e. The molecule has 1 N–H and O–H groups in total. The quantitative estimate of drug-likeness (QED) is 0.685. The molecule has 1 saturated carbocycles. The number of carbonyl (C=O) groups excluding carboxylic acids is 2. The summed E-state index contributed by atoms with van der Waals surface area (Å²) in [5.41, 5.74) is 3.18. The molecule has 0 heterocycles. The molecule has 3 rings (SSSR count). The zero-order chi connectivity index (χ0) is 21.3. The molecule has 0 radical (unpaired) electrons. The lowest BCUT2D eigenvalue weighted by Gasteiger charge is -2.33. The van der Waals surface area contributed by atoms with E-state index in [2.05, 4.69) is 11.4 Å². The van der Waals surface area contributed by atoms with Crippen LogP contribution in [0.4, 0.5) is 0 Å². The standard InChI is InChI=1S/C26H34N2O2/c1-3-24(26(30)27-23-15-8-5-9-16-23)28(19-22-14-10-11-20(2)17-22)25(29)18-21-12-6-4-7-13-21/h4,6-7,10-14,17,23-24H,3,5,8-9,15-16,18-19H2,1-2H3,(H,27,30)/t24-/m1/s1. The highest BCUT2D eigenvalue weighted by molar-refractivity contribution is 5.88. The number of amides is 2. The Hall–Kier alpha value is -2.62. The van der Waals surface area contributed by atoms with E-state index in [4.69, 9.17) is 0 Å². The summed E-state index contributed by atoms with van der Waals surface area (Å²) in [6.45, 7) is 4.49. The van der Waals surface area contributed by atoms with Gasteiger partial charge in [-0.2, -0.15) is 0 Å². The summed E-state index contributed by atoms with van der Waals surface area (Å²) < 4.78 is 0. The Morgan fingerprint density at radius 2 is 1.70 bits per heavy atom. The minimum absolute atomic E-state index is 0.00616. The van der Waals surface area contributed by atoms with E-state index < -0.39 is 6.04 Å². The molecule has 1 aliphatic rings. The van der Waals surface area contributed by atoms with Gasteiger partial charge in [0.2, 0.25) is 11.8 Å². The van der Waals surface area contributed by atoms with Crippen molar-refractivity contribution in [3.63, 3.8) is 0 Å². The van der Waals surface area contributed by atoms with E-state index in [0.717, 1.165) is 29.5 Å². The minimum Gasteiger partial charge on any atom is -0.352 e. The van der Waals surface area contributed by atoms with E-state index in [0.29, 0.717) is 19.4 Å². The van der Waals surface area contributed by atoms with Gasteiger partial charge in [0.25, 0.3) is 0 Å². The third-order valence-corrected chi connectivity index (χ3v) is 5.97. The molecule has 0 spiro atoms. The first-order chi connectivity index (χ1) is 14.6. The topological polar surface area (TPSA) is 49.4 Å². The molecular weight excluding hydrogens is 372 g/mol. The van der Waals surface area contributed by atoms with Crippen LogP contribution in [0, 0.1) is 6.92 Å². The van der Waals surface area contributed by atoms with E-state index in [1.807, 2.05) is 62.4 Å². The third-order valence-electron chi connectivity index (χ3n) is 5.97. The Morgan fingerprint density at radius 1 is 1.00 bits per heavy atom. The molecule has 4 heteroatoms.